The van der Waals surface area contributed by atoms with Gasteiger partial charge in [-0.1, -0.05) is 53.7 Å². The van der Waals surface area contributed by atoms with Crippen LogP contribution in [0.3, 0.4) is 0 Å². The van der Waals surface area contributed by atoms with Crippen molar-refractivity contribution in [3.05, 3.63) is 123 Å². The van der Waals surface area contributed by atoms with Gasteiger partial charge in [0.25, 0.3) is 0 Å². The quantitative estimate of drug-likeness (QED) is 0.131. The van der Waals surface area contributed by atoms with E-state index in [0.717, 1.165) is 64.4 Å². The van der Waals surface area contributed by atoms with E-state index in [2.05, 4.69) is 125 Å². The van der Waals surface area contributed by atoms with Crippen molar-refractivity contribution in [2.75, 3.05) is 0 Å². The molecule has 1 aliphatic rings. The van der Waals surface area contributed by atoms with Crippen molar-refractivity contribution in [1.82, 2.24) is 18.7 Å². The van der Waals surface area contributed by atoms with Crippen LogP contribution in [0.1, 0.15) is 93.2 Å². The SMILES string of the molecule is [2H]C([2H])([2H])n1[c](=[Pt])n(C2CCCCc3ccc(Oc4[c-]c5c(cc4)c4cc(C(C)(C)C)ccc4n5-c4cc(C(C)(C)C)ccn4)[c-]c32)c2ccccc21. The second-order valence-corrected chi connectivity index (χ2v) is 16.6. The fraction of sp³-hybridized carbons (Fsp3) is 0.318. The van der Waals surface area contributed by atoms with Crippen molar-refractivity contribution in [1.29, 1.82) is 0 Å². The van der Waals surface area contributed by atoms with Crippen LogP contribution in [0, 0.1) is 15.9 Å². The van der Waals surface area contributed by atoms with Crippen LogP contribution in [0.4, 0.5) is 0 Å². The number of para-hydroxylation sites is 2. The number of ether oxygens (including phenoxy) is 1. The first-order valence-corrected chi connectivity index (χ1v) is 18.6. The van der Waals surface area contributed by atoms with Crippen molar-refractivity contribution in [2.45, 2.75) is 84.1 Å². The van der Waals surface area contributed by atoms with Crippen LogP contribution in [0.2, 0.25) is 0 Å². The molecule has 4 aromatic carbocycles. The van der Waals surface area contributed by atoms with Gasteiger partial charge in [-0.05, 0) is 40.2 Å². The summed E-state index contributed by atoms with van der Waals surface area (Å²) in [5, 5.41) is 2.24. The Morgan fingerprint density at radius 2 is 1.54 bits per heavy atom. The number of aromatic nitrogens is 4. The molecule has 3 aromatic heterocycles. The fourth-order valence-corrected chi connectivity index (χ4v) is 8.30. The Kier molecular flexibility index (Phi) is 7.22. The minimum atomic E-state index is -2.31. The molecule has 1 unspecified atom stereocenters. The van der Waals surface area contributed by atoms with E-state index in [1.54, 1.807) is 0 Å². The number of imidazole rings is 1. The third kappa shape index (κ3) is 5.68. The van der Waals surface area contributed by atoms with Gasteiger partial charge in [0.2, 0.25) is 0 Å². The number of hydrogen-bond acceptors (Lipinski definition) is 2. The molecular formula is C44H44N4OPt-2. The maximum absolute atomic E-state index is 8.35. The number of nitrogens with zero attached hydrogens (tertiary/aromatic N) is 4. The molecule has 8 rings (SSSR count). The van der Waals surface area contributed by atoms with Gasteiger partial charge in [0.05, 0.1) is 0 Å². The van der Waals surface area contributed by atoms with Crippen molar-refractivity contribution in [3.8, 4) is 17.3 Å². The molecule has 0 radical (unpaired) electrons. The monoisotopic (exact) mass is 842 g/mol. The Morgan fingerprint density at radius 3 is 2.32 bits per heavy atom. The van der Waals surface area contributed by atoms with Crippen molar-refractivity contribution in [2.24, 2.45) is 6.98 Å². The van der Waals surface area contributed by atoms with E-state index in [1.165, 1.54) is 21.3 Å². The van der Waals surface area contributed by atoms with E-state index in [-0.39, 0.29) is 16.9 Å². The van der Waals surface area contributed by atoms with Crippen molar-refractivity contribution in [3.63, 3.8) is 0 Å². The third-order valence-electron chi connectivity index (χ3n) is 10.2. The summed E-state index contributed by atoms with van der Waals surface area (Å²) in [7, 11) is 0. The number of aryl methyl sites for hydroxylation is 2. The second-order valence-electron chi connectivity index (χ2n) is 15.6. The van der Waals surface area contributed by atoms with E-state index in [4.69, 9.17) is 13.8 Å². The minimum absolute atomic E-state index is 0.00313. The first-order chi connectivity index (χ1) is 25.1. The Balaban J connectivity index is 1.26. The molecule has 0 spiro atoms. The molecule has 6 heteroatoms. The van der Waals surface area contributed by atoms with Gasteiger partial charge in [-0.3, -0.25) is 0 Å². The number of pyridine rings is 1. The van der Waals surface area contributed by atoms with Gasteiger partial charge in [-0.25, -0.2) is 4.98 Å². The summed E-state index contributed by atoms with van der Waals surface area (Å²) in [6.07, 6.45) is 5.79. The fourth-order valence-electron chi connectivity index (χ4n) is 7.40. The number of benzene rings is 4. The topological polar surface area (TPSA) is 36.9 Å². The summed E-state index contributed by atoms with van der Waals surface area (Å²) in [4.78, 5) is 4.88. The molecular weight excluding hydrogens is 796 g/mol. The van der Waals surface area contributed by atoms with Gasteiger partial charge < -0.3 is 0 Å². The van der Waals surface area contributed by atoms with Crippen molar-refractivity contribution >= 4 is 32.8 Å². The molecule has 0 bridgehead atoms. The summed E-state index contributed by atoms with van der Waals surface area (Å²) in [5.41, 5.74) is 8.27. The molecule has 0 aliphatic heterocycles. The Bertz CT molecular complexity index is 2600. The number of rotatable bonds is 4. The van der Waals surface area contributed by atoms with E-state index in [9.17, 15) is 0 Å². The molecule has 1 atom stereocenters. The van der Waals surface area contributed by atoms with E-state index in [1.807, 2.05) is 42.6 Å². The summed E-state index contributed by atoms with van der Waals surface area (Å²) in [5.74, 6) is 2.04. The van der Waals surface area contributed by atoms with E-state index in [0.29, 0.717) is 20.8 Å². The zero-order valence-corrected chi connectivity index (χ0v) is 31.8. The Labute approximate surface area is 310 Å². The molecule has 1 aliphatic carbocycles. The van der Waals surface area contributed by atoms with Gasteiger partial charge in [0.1, 0.15) is 0 Å². The molecule has 0 saturated heterocycles. The van der Waals surface area contributed by atoms with Gasteiger partial charge in [-0.15, -0.1) is 0 Å². The van der Waals surface area contributed by atoms with E-state index < -0.39 is 6.98 Å². The first-order valence-electron chi connectivity index (χ1n) is 19.0. The Hall–Kier alpha value is -4.21. The zero-order chi connectivity index (χ0) is 37.4. The van der Waals surface area contributed by atoms with E-state index >= 15 is 0 Å². The van der Waals surface area contributed by atoms with Gasteiger partial charge in [-0.2, -0.15) is 0 Å². The second kappa shape index (κ2) is 12.2. The maximum atomic E-state index is 8.35. The number of fused-ring (bicyclic) bond motifs is 5. The predicted octanol–water partition coefficient (Wildman–Crippen LogP) is 10.9. The molecule has 258 valence electrons. The summed E-state index contributed by atoms with van der Waals surface area (Å²) in [6, 6.07) is 34.3. The molecule has 0 fully saturated rings. The molecule has 0 saturated carbocycles. The van der Waals surface area contributed by atoms with Crippen LogP contribution >= 0.6 is 0 Å². The summed E-state index contributed by atoms with van der Waals surface area (Å²) < 4.78 is 38.2. The van der Waals surface area contributed by atoms with Gasteiger partial charge in [0.15, 0.2) is 0 Å². The third-order valence-corrected chi connectivity index (χ3v) is 11.2. The molecule has 3 heterocycles. The standard InChI is InChI=1S/C44H44N4O.Pt/c1-43(2,3)30-17-21-38-36(24-30)34-20-19-33(27-41(34)48(38)42-25-31(22-23-45-42)44(4,5)6)49-32-18-16-29-12-8-9-13-37(35(29)26-32)47-28-46(7)39-14-10-11-15-40(39)47;/h10-11,14-25,37H,8-9,12-13H2,1-7H3;/q-2;/i7D3;. The molecule has 50 heavy (non-hydrogen) atoms. The average Bonchev–Trinajstić information content (AvgIpc) is 3.49. The van der Waals surface area contributed by atoms with Crippen molar-refractivity contribution < 1.29 is 28.2 Å². The average molecular weight is 843 g/mol. The van der Waals surface area contributed by atoms with Crippen LogP contribution in [-0.4, -0.2) is 18.7 Å². The summed E-state index contributed by atoms with van der Waals surface area (Å²) >= 11 is 2.18. The molecule has 5 nitrogen and oxygen atoms in total. The predicted molar refractivity (Wildman–Crippen MR) is 200 cm³/mol. The van der Waals surface area contributed by atoms with Gasteiger partial charge in [0, 0.05) is 6.20 Å². The summed E-state index contributed by atoms with van der Waals surface area (Å²) in [6.45, 7) is 11.1. The first kappa shape index (κ1) is 29.5. The number of hydrogen-bond donors (Lipinski definition) is 0. The van der Waals surface area contributed by atoms with Gasteiger partial charge >= 0.3 is 206 Å². The molecule has 0 N–H and O–H groups in total. The normalized spacial score (nSPS) is 16.6. The van der Waals surface area contributed by atoms with Crippen LogP contribution in [0.5, 0.6) is 11.5 Å². The van der Waals surface area contributed by atoms with Crippen LogP contribution in [0.25, 0.3) is 38.7 Å². The Morgan fingerprint density at radius 1 is 0.800 bits per heavy atom. The molecule has 0 amide bonds. The van der Waals surface area contributed by atoms with Crippen LogP contribution < -0.4 is 4.74 Å². The zero-order valence-electron chi connectivity index (χ0n) is 32.5. The van der Waals surface area contributed by atoms with Crippen LogP contribution in [0.15, 0.2) is 85.1 Å². The molecule has 7 aromatic rings. The van der Waals surface area contributed by atoms with Crippen LogP contribution in [-0.2, 0) is 43.6 Å².